The van der Waals surface area contributed by atoms with Gasteiger partial charge in [0.2, 0.25) is 0 Å². The summed E-state index contributed by atoms with van der Waals surface area (Å²) in [6.45, 7) is 5.91. The Hall–Kier alpha value is -3.45. The molecule has 36 heavy (non-hydrogen) atoms. The van der Waals surface area contributed by atoms with E-state index in [0.717, 1.165) is 43.1 Å². The first-order valence-electron chi connectivity index (χ1n) is 12.9. The molecule has 0 aliphatic carbocycles. The van der Waals surface area contributed by atoms with Gasteiger partial charge in [-0.05, 0) is 50.3 Å². The van der Waals surface area contributed by atoms with E-state index >= 15 is 0 Å². The van der Waals surface area contributed by atoms with Gasteiger partial charge >= 0.3 is 0 Å². The summed E-state index contributed by atoms with van der Waals surface area (Å²) < 4.78 is 8.09. The van der Waals surface area contributed by atoms with E-state index in [0.29, 0.717) is 44.7 Å². The molecule has 2 aromatic heterocycles. The molecule has 1 aromatic carbocycles. The summed E-state index contributed by atoms with van der Waals surface area (Å²) in [4.78, 5) is 35.6. The van der Waals surface area contributed by atoms with Crippen molar-refractivity contribution in [3.63, 3.8) is 0 Å². The molecule has 0 bridgehead atoms. The maximum Gasteiger partial charge on any atom is 0.259 e. The Morgan fingerprint density at radius 3 is 2.50 bits per heavy atom. The second-order valence-electron chi connectivity index (χ2n) is 9.67. The highest BCUT2D eigenvalue weighted by molar-refractivity contribution is 5.95. The van der Waals surface area contributed by atoms with Crippen LogP contribution in [-0.4, -0.2) is 59.2 Å². The van der Waals surface area contributed by atoms with Gasteiger partial charge in [0.05, 0.1) is 6.10 Å². The van der Waals surface area contributed by atoms with Crippen molar-refractivity contribution < 1.29 is 9.53 Å². The molecule has 1 atom stereocenters. The molecule has 0 unspecified atom stereocenters. The largest absolute Gasteiger partial charge is 0.376 e. The van der Waals surface area contributed by atoms with Crippen molar-refractivity contribution in [2.45, 2.75) is 45.3 Å². The summed E-state index contributed by atoms with van der Waals surface area (Å²) in [5, 5.41) is 0. The van der Waals surface area contributed by atoms with Crippen molar-refractivity contribution in [2.24, 2.45) is 0 Å². The molecule has 2 aliphatic heterocycles. The van der Waals surface area contributed by atoms with Crippen LogP contribution in [0.25, 0.3) is 0 Å². The van der Waals surface area contributed by atoms with Crippen LogP contribution in [0.15, 0.2) is 65.6 Å². The fourth-order valence-electron chi connectivity index (χ4n) is 5.31. The van der Waals surface area contributed by atoms with E-state index in [9.17, 15) is 9.59 Å². The fourth-order valence-corrected chi connectivity index (χ4v) is 5.31. The van der Waals surface area contributed by atoms with Crippen molar-refractivity contribution in [2.75, 3.05) is 37.7 Å². The van der Waals surface area contributed by atoms with Crippen LogP contribution in [0.5, 0.6) is 0 Å². The number of pyridine rings is 2. The molecule has 0 N–H and O–H groups in total. The van der Waals surface area contributed by atoms with Gasteiger partial charge in [0, 0.05) is 63.0 Å². The molecule has 2 fully saturated rings. The Bertz CT molecular complexity index is 1230. The number of hydrogen-bond donors (Lipinski definition) is 0. The molecule has 0 radical (unpaired) electrons. The molecular weight excluding hydrogens is 452 g/mol. The zero-order chi connectivity index (χ0) is 24.9. The minimum atomic E-state index is -0.184. The van der Waals surface area contributed by atoms with Crippen LogP contribution in [-0.2, 0) is 24.1 Å². The second kappa shape index (κ2) is 11.1. The summed E-state index contributed by atoms with van der Waals surface area (Å²) in [6, 6.07) is 17.7. The molecule has 188 valence electrons. The monoisotopic (exact) mass is 486 g/mol. The standard InChI is InChI=1S/C29H34N4O3/c1-22-20-26(34)28(29(35)32-17-15-31(16-18-32)27-11-5-6-14-30-27)25(13-12-23-8-3-2-4-9-23)33(22)21-24-10-7-19-36-24/h2-6,8-9,11,14,20,24H,7,10,12-13,15-19,21H2,1H3/t24-/m1/s1. The van der Waals surface area contributed by atoms with Gasteiger partial charge in [0.1, 0.15) is 11.4 Å². The average molecular weight is 487 g/mol. The van der Waals surface area contributed by atoms with Crippen LogP contribution >= 0.6 is 0 Å². The number of benzene rings is 1. The second-order valence-corrected chi connectivity index (χ2v) is 9.67. The number of amides is 1. The van der Waals surface area contributed by atoms with Gasteiger partial charge in [-0.2, -0.15) is 0 Å². The van der Waals surface area contributed by atoms with Crippen LogP contribution < -0.4 is 10.3 Å². The lowest BCUT2D eigenvalue weighted by molar-refractivity contribution is 0.0739. The molecule has 5 rings (SSSR count). The minimum Gasteiger partial charge on any atom is -0.376 e. The lowest BCUT2D eigenvalue weighted by atomic mass is 10.0. The normalized spacial score (nSPS) is 18.0. The first kappa shape index (κ1) is 24.3. The highest BCUT2D eigenvalue weighted by atomic mass is 16.5. The molecular formula is C29H34N4O3. The van der Waals surface area contributed by atoms with Crippen LogP contribution in [0.4, 0.5) is 5.82 Å². The number of ether oxygens (including phenoxy) is 1. The number of aryl methyl sites for hydroxylation is 2. The summed E-state index contributed by atoms with van der Waals surface area (Å²) in [5.41, 5.74) is 3.04. The van der Waals surface area contributed by atoms with Crippen molar-refractivity contribution in [3.8, 4) is 0 Å². The number of carbonyl (C=O) groups is 1. The quantitative estimate of drug-likeness (QED) is 0.512. The topological polar surface area (TPSA) is 67.7 Å². The summed E-state index contributed by atoms with van der Waals surface area (Å²) in [6.07, 6.45) is 5.35. The van der Waals surface area contributed by atoms with Crippen LogP contribution in [0, 0.1) is 6.92 Å². The van der Waals surface area contributed by atoms with Crippen molar-refractivity contribution in [3.05, 3.63) is 93.5 Å². The number of aromatic nitrogens is 2. The van der Waals surface area contributed by atoms with Gasteiger partial charge < -0.3 is 19.1 Å². The predicted octanol–water partition coefficient (Wildman–Crippen LogP) is 3.48. The van der Waals surface area contributed by atoms with E-state index in [-0.39, 0.29) is 17.4 Å². The van der Waals surface area contributed by atoms with Gasteiger partial charge in [0.15, 0.2) is 5.43 Å². The van der Waals surface area contributed by atoms with Crippen molar-refractivity contribution in [1.29, 1.82) is 0 Å². The molecule has 0 saturated carbocycles. The molecule has 2 aliphatic rings. The van der Waals surface area contributed by atoms with E-state index in [1.165, 1.54) is 5.56 Å². The van der Waals surface area contributed by atoms with Crippen molar-refractivity contribution >= 4 is 11.7 Å². The Morgan fingerprint density at radius 2 is 1.81 bits per heavy atom. The summed E-state index contributed by atoms with van der Waals surface area (Å²) >= 11 is 0. The zero-order valence-corrected chi connectivity index (χ0v) is 20.9. The van der Waals surface area contributed by atoms with E-state index in [1.807, 2.05) is 48.2 Å². The molecule has 2 saturated heterocycles. The van der Waals surface area contributed by atoms with Gasteiger partial charge in [-0.1, -0.05) is 36.4 Å². The van der Waals surface area contributed by atoms with E-state index in [4.69, 9.17) is 4.74 Å². The predicted molar refractivity (Wildman–Crippen MR) is 141 cm³/mol. The van der Waals surface area contributed by atoms with Gasteiger partial charge in [-0.25, -0.2) is 4.98 Å². The fraction of sp³-hybridized carbons (Fsp3) is 0.414. The Balaban J connectivity index is 1.42. The smallest absolute Gasteiger partial charge is 0.259 e. The molecule has 1 amide bonds. The minimum absolute atomic E-state index is 0.117. The number of piperazine rings is 1. The third-order valence-electron chi connectivity index (χ3n) is 7.28. The van der Waals surface area contributed by atoms with E-state index < -0.39 is 0 Å². The first-order chi connectivity index (χ1) is 17.6. The molecule has 3 aromatic rings. The highest BCUT2D eigenvalue weighted by Crippen LogP contribution is 2.21. The zero-order valence-electron chi connectivity index (χ0n) is 20.9. The number of rotatable bonds is 7. The maximum absolute atomic E-state index is 13.8. The number of anilines is 1. The highest BCUT2D eigenvalue weighted by Gasteiger charge is 2.29. The Morgan fingerprint density at radius 1 is 1.03 bits per heavy atom. The summed E-state index contributed by atoms with van der Waals surface area (Å²) in [5.74, 6) is 0.757. The lowest BCUT2D eigenvalue weighted by Crippen LogP contribution is -2.50. The molecule has 4 heterocycles. The van der Waals surface area contributed by atoms with Gasteiger partial charge in [-0.3, -0.25) is 9.59 Å². The third kappa shape index (κ3) is 5.36. The van der Waals surface area contributed by atoms with Crippen LogP contribution in [0.3, 0.4) is 0 Å². The van der Waals surface area contributed by atoms with Gasteiger partial charge in [-0.15, -0.1) is 0 Å². The number of hydrogen-bond acceptors (Lipinski definition) is 5. The third-order valence-corrected chi connectivity index (χ3v) is 7.28. The van der Waals surface area contributed by atoms with Crippen LogP contribution in [0.2, 0.25) is 0 Å². The van der Waals surface area contributed by atoms with E-state index in [2.05, 4.69) is 26.6 Å². The SMILES string of the molecule is Cc1cc(=O)c(C(=O)N2CCN(c3ccccn3)CC2)c(CCc2ccccc2)n1C[C@H]1CCCO1. The molecule has 7 nitrogen and oxygen atoms in total. The first-order valence-corrected chi connectivity index (χ1v) is 12.9. The van der Waals surface area contributed by atoms with Crippen molar-refractivity contribution in [1.82, 2.24) is 14.5 Å². The molecule has 7 heteroatoms. The lowest BCUT2D eigenvalue weighted by Gasteiger charge is -2.36. The Kier molecular flexibility index (Phi) is 7.47. The number of nitrogens with zero attached hydrogens (tertiary/aromatic N) is 4. The van der Waals surface area contributed by atoms with E-state index in [1.54, 1.807) is 12.3 Å². The Labute approximate surface area is 212 Å². The van der Waals surface area contributed by atoms with Crippen LogP contribution in [0.1, 0.15) is 40.2 Å². The maximum atomic E-state index is 13.8. The molecule has 0 spiro atoms. The average Bonchev–Trinajstić information content (AvgIpc) is 3.43. The van der Waals surface area contributed by atoms with Gasteiger partial charge in [0.25, 0.3) is 5.91 Å². The summed E-state index contributed by atoms with van der Waals surface area (Å²) in [7, 11) is 0. The number of carbonyl (C=O) groups excluding carboxylic acids is 1.